The second-order valence-corrected chi connectivity index (χ2v) is 13.4. The van der Waals surface area contributed by atoms with E-state index in [0.29, 0.717) is 5.75 Å². The number of hydrogen-bond donors (Lipinski definition) is 2. The smallest absolute Gasteiger partial charge is 0.230 e. The van der Waals surface area contributed by atoms with Crippen LogP contribution in [0.1, 0.15) is 81.4 Å². The Bertz CT molecular complexity index is 1330. The van der Waals surface area contributed by atoms with Crippen molar-refractivity contribution in [1.82, 2.24) is 10.2 Å². The summed E-state index contributed by atoms with van der Waals surface area (Å²) in [6.45, 7) is 5.70. The molecule has 0 unspecified atom stereocenters. The van der Waals surface area contributed by atoms with Crippen molar-refractivity contribution >= 4 is 18.3 Å². The molecule has 3 atom stereocenters. The van der Waals surface area contributed by atoms with E-state index in [1.807, 2.05) is 18.2 Å². The van der Waals surface area contributed by atoms with Gasteiger partial charge in [-0.1, -0.05) is 92.6 Å². The van der Waals surface area contributed by atoms with Crippen molar-refractivity contribution in [2.24, 2.45) is 5.41 Å². The van der Waals surface area contributed by atoms with Crippen LogP contribution in [0.5, 0.6) is 5.75 Å². The van der Waals surface area contributed by atoms with Gasteiger partial charge in [-0.25, -0.2) is 0 Å². The van der Waals surface area contributed by atoms with Gasteiger partial charge in [0.1, 0.15) is 5.75 Å². The number of rotatable bonds is 8. The summed E-state index contributed by atoms with van der Waals surface area (Å²) in [5, 5.41) is 14.1. The molecule has 42 heavy (non-hydrogen) atoms. The predicted octanol–water partition coefficient (Wildman–Crippen LogP) is 7.58. The molecule has 0 aromatic heterocycles. The van der Waals surface area contributed by atoms with Gasteiger partial charge < -0.3 is 15.3 Å². The van der Waals surface area contributed by atoms with Crippen LogP contribution in [0.25, 0.3) is 0 Å². The van der Waals surface area contributed by atoms with Crippen LogP contribution in [-0.2, 0) is 22.0 Å². The molecule has 4 nitrogen and oxygen atoms in total. The molecule has 0 bridgehead atoms. The largest absolute Gasteiger partial charge is 0.508 e. The van der Waals surface area contributed by atoms with E-state index in [4.69, 9.17) is 0 Å². The molecule has 1 amide bonds. The van der Waals surface area contributed by atoms with Gasteiger partial charge in [-0.2, -0.15) is 0 Å². The predicted molar refractivity (Wildman–Crippen MR) is 173 cm³/mol. The molecule has 0 spiro atoms. The van der Waals surface area contributed by atoms with Gasteiger partial charge in [0.15, 0.2) is 0 Å². The second kappa shape index (κ2) is 12.8. The minimum absolute atomic E-state index is 0. The van der Waals surface area contributed by atoms with Crippen LogP contribution in [0, 0.1) is 5.41 Å². The Morgan fingerprint density at radius 2 is 1.60 bits per heavy atom. The van der Waals surface area contributed by atoms with E-state index in [1.54, 1.807) is 6.07 Å². The van der Waals surface area contributed by atoms with Gasteiger partial charge in [0.25, 0.3) is 0 Å². The second-order valence-electron chi connectivity index (χ2n) is 13.4. The molecule has 2 aliphatic carbocycles. The van der Waals surface area contributed by atoms with Crippen molar-refractivity contribution in [2.45, 2.75) is 88.0 Å². The number of hydrogen-bond acceptors (Lipinski definition) is 3. The zero-order valence-electron chi connectivity index (χ0n) is 25.1. The monoisotopic (exact) mass is 586 g/mol. The van der Waals surface area contributed by atoms with Gasteiger partial charge in [0, 0.05) is 18.0 Å². The number of aryl methyl sites for hydroxylation is 1. The van der Waals surface area contributed by atoms with Gasteiger partial charge >= 0.3 is 0 Å². The molecule has 3 aromatic rings. The first kappa shape index (κ1) is 30.6. The molecular weight excluding hydrogens is 540 g/mol. The molecule has 3 aliphatic rings. The van der Waals surface area contributed by atoms with Gasteiger partial charge in [0.05, 0.1) is 5.41 Å². The summed E-state index contributed by atoms with van der Waals surface area (Å²) in [5.41, 5.74) is 3.42. The topological polar surface area (TPSA) is 52.6 Å². The molecule has 3 fully saturated rings. The maximum atomic E-state index is 14.1. The molecule has 6 rings (SSSR count). The van der Waals surface area contributed by atoms with Crippen LogP contribution in [0.2, 0.25) is 0 Å². The summed E-state index contributed by atoms with van der Waals surface area (Å²) < 4.78 is 0. The van der Waals surface area contributed by atoms with Gasteiger partial charge in [-0.05, 0) is 98.7 Å². The van der Waals surface area contributed by atoms with Gasteiger partial charge in [0.2, 0.25) is 5.91 Å². The van der Waals surface area contributed by atoms with Crippen LogP contribution < -0.4 is 5.32 Å². The number of aromatic hydroxyl groups is 1. The number of phenolic OH excluding ortho intramolecular Hbond substituents is 1. The Balaban J connectivity index is 0.00000353. The molecule has 0 radical (unpaired) electrons. The lowest BCUT2D eigenvalue weighted by Gasteiger charge is -2.60. The maximum absolute atomic E-state index is 14.1. The van der Waals surface area contributed by atoms with E-state index in [0.717, 1.165) is 77.4 Å². The lowest BCUT2D eigenvalue weighted by Crippen LogP contribution is -2.62. The Morgan fingerprint density at radius 1 is 0.905 bits per heavy atom. The van der Waals surface area contributed by atoms with Crippen molar-refractivity contribution in [3.8, 4) is 5.75 Å². The van der Waals surface area contributed by atoms with E-state index in [2.05, 4.69) is 77.8 Å². The summed E-state index contributed by atoms with van der Waals surface area (Å²) >= 11 is 0. The van der Waals surface area contributed by atoms with Crippen molar-refractivity contribution in [3.63, 3.8) is 0 Å². The first-order chi connectivity index (χ1) is 19.9. The van der Waals surface area contributed by atoms with Crippen molar-refractivity contribution in [2.75, 3.05) is 19.6 Å². The van der Waals surface area contributed by atoms with E-state index >= 15 is 0 Å². The van der Waals surface area contributed by atoms with Crippen molar-refractivity contribution in [1.29, 1.82) is 0 Å². The minimum Gasteiger partial charge on any atom is -0.508 e. The number of nitrogens with zero attached hydrogens (tertiary/aromatic N) is 1. The molecule has 1 heterocycles. The lowest BCUT2D eigenvalue weighted by molar-refractivity contribution is -0.128. The molecule has 3 aromatic carbocycles. The standard InChI is InChI=1S/C37H46N2O2.ClH/c1-35-22-19-32(38-34(41)36(20-8-9-21-36)30-15-6-3-7-16-30)27-37(35,31-17-10-18-33(40)26-31)23-25-39(28-35)24-11-14-29-12-4-2-5-13-29;/h2-7,10,12-13,15-18,26,32,40H,8-9,11,14,19-25,27-28H2,1H3,(H,38,41);1H/t32-,35-,37-;/m1./s1. The highest BCUT2D eigenvalue weighted by molar-refractivity contribution is 5.89. The summed E-state index contributed by atoms with van der Waals surface area (Å²) in [4.78, 5) is 16.8. The van der Waals surface area contributed by atoms with Crippen LogP contribution >= 0.6 is 12.4 Å². The third-order valence-electron chi connectivity index (χ3n) is 11.0. The Hall–Kier alpha value is -2.82. The number of amides is 1. The summed E-state index contributed by atoms with van der Waals surface area (Å²) in [7, 11) is 0. The highest BCUT2D eigenvalue weighted by Crippen LogP contribution is 2.57. The van der Waals surface area contributed by atoms with Crippen LogP contribution in [0.15, 0.2) is 84.9 Å². The molecule has 2 saturated carbocycles. The zero-order chi connectivity index (χ0) is 28.3. The molecule has 224 valence electrons. The molecule has 1 saturated heterocycles. The Morgan fingerprint density at radius 3 is 2.31 bits per heavy atom. The highest BCUT2D eigenvalue weighted by atomic mass is 35.5. The van der Waals surface area contributed by atoms with E-state index in [-0.39, 0.29) is 35.2 Å². The van der Waals surface area contributed by atoms with Crippen LogP contribution in [0.4, 0.5) is 0 Å². The molecule has 1 aliphatic heterocycles. The first-order valence-corrected chi connectivity index (χ1v) is 15.8. The number of halogens is 1. The lowest BCUT2D eigenvalue weighted by atomic mass is 9.50. The Kier molecular flexibility index (Phi) is 9.34. The van der Waals surface area contributed by atoms with Crippen molar-refractivity contribution in [3.05, 3.63) is 102 Å². The van der Waals surface area contributed by atoms with Crippen LogP contribution in [-0.4, -0.2) is 41.6 Å². The van der Waals surface area contributed by atoms with Gasteiger partial charge in [-0.15, -0.1) is 12.4 Å². The zero-order valence-corrected chi connectivity index (χ0v) is 25.9. The quantitative estimate of drug-likeness (QED) is 0.286. The maximum Gasteiger partial charge on any atom is 0.230 e. The first-order valence-electron chi connectivity index (χ1n) is 15.8. The third-order valence-corrected chi connectivity index (χ3v) is 11.0. The van der Waals surface area contributed by atoms with E-state index < -0.39 is 5.41 Å². The number of likely N-dealkylation sites (tertiary alicyclic amines) is 1. The number of phenols is 1. The fourth-order valence-electron chi connectivity index (χ4n) is 8.64. The number of carbonyl (C=O) groups excluding carboxylic acids is 1. The molecule has 2 N–H and O–H groups in total. The summed E-state index contributed by atoms with van der Waals surface area (Å²) in [6.07, 6.45) is 10.4. The van der Waals surface area contributed by atoms with E-state index in [9.17, 15) is 9.90 Å². The van der Waals surface area contributed by atoms with Gasteiger partial charge in [-0.3, -0.25) is 4.79 Å². The number of fused-ring (bicyclic) bond motifs is 1. The molecular formula is C37H47ClN2O2. The fraction of sp³-hybridized carbons (Fsp3) is 0.486. The normalized spacial score (nSPS) is 27.0. The summed E-state index contributed by atoms with van der Waals surface area (Å²) in [6, 6.07) is 29.4. The number of carbonyl (C=O) groups is 1. The average Bonchev–Trinajstić information content (AvgIpc) is 3.50. The molecule has 5 heteroatoms. The SMILES string of the molecule is C[C@]12CC[C@@H](NC(=O)C3(c4ccccc4)CCCC3)C[C@@]1(c1cccc(O)c1)CCN(CCCc1ccccc1)C2.Cl. The summed E-state index contributed by atoms with van der Waals surface area (Å²) in [5.74, 6) is 0.559. The third kappa shape index (κ3) is 5.85. The number of nitrogens with one attached hydrogen (secondary N) is 1. The van der Waals surface area contributed by atoms with E-state index in [1.165, 1.54) is 23.1 Å². The Labute approximate surface area is 258 Å². The van der Waals surface area contributed by atoms with Crippen molar-refractivity contribution < 1.29 is 9.90 Å². The number of benzene rings is 3. The fourth-order valence-corrected chi connectivity index (χ4v) is 8.64. The minimum atomic E-state index is -0.400. The number of piperidine rings is 1. The van der Waals surface area contributed by atoms with Crippen LogP contribution in [0.3, 0.4) is 0 Å². The highest BCUT2D eigenvalue weighted by Gasteiger charge is 2.56. The average molecular weight is 587 g/mol.